The topological polar surface area (TPSA) is 70.5 Å². The van der Waals surface area contributed by atoms with Crippen LogP contribution in [0.25, 0.3) is 10.9 Å². The smallest absolute Gasteiger partial charge is 0.251 e. The van der Waals surface area contributed by atoms with Crippen LogP contribution in [-0.2, 0) is 10.3 Å². The monoisotopic (exact) mass is 563 g/mol. The fourth-order valence-electron chi connectivity index (χ4n) is 6.38. The number of hydrogen-bond donors (Lipinski definition) is 1. The molecule has 1 atom stereocenters. The maximum absolute atomic E-state index is 14.3. The zero-order chi connectivity index (χ0) is 29.5. The summed E-state index contributed by atoms with van der Waals surface area (Å²) in [4.78, 5) is 33.0. The Morgan fingerprint density at radius 1 is 1.10 bits per heavy atom. The van der Waals surface area contributed by atoms with E-state index in [0.29, 0.717) is 31.7 Å². The van der Waals surface area contributed by atoms with Crippen LogP contribution in [0.3, 0.4) is 0 Å². The molecule has 0 unspecified atom stereocenters. The van der Waals surface area contributed by atoms with Crippen molar-refractivity contribution < 1.29 is 13.6 Å². The Kier molecular flexibility index (Phi) is 7.76. The lowest BCUT2D eigenvalue weighted by molar-refractivity contribution is -0.138. The van der Waals surface area contributed by atoms with Gasteiger partial charge in [-0.3, -0.25) is 14.5 Å². The van der Waals surface area contributed by atoms with Gasteiger partial charge in [-0.25, -0.2) is 13.8 Å². The molecule has 1 aliphatic heterocycles. The fourth-order valence-corrected chi connectivity index (χ4v) is 6.38. The molecule has 1 aromatic carbocycles. The Hall–Kier alpha value is -3.59. The lowest BCUT2D eigenvalue weighted by atomic mass is 9.73. The number of alkyl halides is 2. The normalized spacial score (nSPS) is 19.3. The van der Waals surface area contributed by atoms with Crippen molar-refractivity contribution >= 4 is 22.6 Å². The van der Waals surface area contributed by atoms with Crippen molar-refractivity contribution in [2.24, 2.45) is 0 Å². The molecule has 41 heavy (non-hydrogen) atoms. The van der Waals surface area contributed by atoms with Crippen LogP contribution in [0.4, 0.5) is 14.6 Å². The van der Waals surface area contributed by atoms with E-state index in [2.05, 4.69) is 46.0 Å². The molecule has 3 aromatic rings. The quantitative estimate of drug-likeness (QED) is 0.347. The number of amides is 1. The van der Waals surface area contributed by atoms with Crippen LogP contribution in [0.2, 0.25) is 0 Å². The third-order valence-corrected chi connectivity index (χ3v) is 9.02. The first-order chi connectivity index (χ1) is 19.4. The zero-order valence-corrected chi connectivity index (χ0v) is 24.2. The second-order valence-electron chi connectivity index (χ2n) is 11.9. The largest absolute Gasteiger partial charge is 0.363 e. The number of likely N-dealkylation sites (N-methyl/N-ethyl adjacent to an activating group) is 1. The summed E-state index contributed by atoms with van der Waals surface area (Å²) in [7, 11) is 2.00. The molecule has 0 spiro atoms. The molecule has 3 heterocycles. The lowest BCUT2D eigenvalue weighted by Gasteiger charge is -2.54. The molecule has 7 nitrogen and oxygen atoms in total. The van der Waals surface area contributed by atoms with E-state index in [1.54, 1.807) is 27.8 Å². The third kappa shape index (κ3) is 5.52. The van der Waals surface area contributed by atoms with Gasteiger partial charge in [0.2, 0.25) is 11.8 Å². The third-order valence-electron chi connectivity index (χ3n) is 9.02. The van der Waals surface area contributed by atoms with Gasteiger partial charge < -0.3 is 14.8 Å². The molecular formula is C32H39F2N5O2. The summed E-state index contributed by atoms with van der Waals surface area (Å²) in [5, 5.41) is 4.35. The Morgan fingerprint density at radius 3 is 2.37 bits per heavy atom. The molecule has 1 N–H and O–H groups in total. The number of hydrogen-bond acceptors (Lipinski definition) is 5. The van der Waals surface area contributed by atoms with Crippen molar-refractivity contribution in [3.8, 4) is 0 Å². The van der Waals surface area contributed by atoms with Gasteiger partial charge in [-0.2, -0.15) is 0 Å². The van der Waals surface area contributed by atoms with Gasteiger partial charge in [0.1, 0.15) is 5.82 Å². The molecule has 9 heteroatoms. The van der Waals surface area contributed by atoms with Gasteiger partial charge in [-0.05, 0) is 63.9 Å². The fraction of sp³-hybridized carbons (Fsp3) is 0.469. The van der Waals surface area contributed by atoms with Crippen molar-refractivity contribution in [3.05, 3.63) is 82.8 Å². The minimum absolute atomic E-state index is 0.0158. The van der Waals surface area contributed by atoms with E-state index in [4.69, 9.17) is 0 Å². The maximum atomic E-state index is 14.3. The summed E-state index contributed by atoms with van der Waals surface area (Å²) in [6, 6.07) is 13.5. The molecule has 1 saturated carbocycles. The van der Waals surface area contributed by atoms with Gasteiger partial charge in [0.05, 0.1) is 5.52 Å². The van der Waals surface area contributed by atoms with Gasteiger partial charge in [-0.1, -0.05) is 30.8 Å². The molecule has 0 bridgehead atoms. The molecule has 5 rings (SSSR count). The van der Waals surface area contributed by atoms with E-state index in [-0.39, 0.29) is 42.4 Å². The van der Waals surface area contributed by atoms with Gasteiger partial charge >= 0.3 is 0 Å². The Bertz CT molecular complexity index is 1480. The van der Waals surface area contributed by atoms with Crippen LogP contribution in [0.1, 0.15) is 69.7 Å². The highest BCUT2D eigenvalue weighted by Crippen LogP contribution is 2.48. The number of anilines is 1. The summed E-state index contributed by atoms with van der Waals surface area (Å²) in [6.07, 6.45) is 3.48. The second-order valence-corrected chi connectivity index (χ2v) is 11.9. The first-order valence-electron chi connectivity index (χ1n) is 14.3. The summed E-state index contributed by atoms with van der Waals surface area (Å²) < 4.78 is 30.3. The minimum Gasteiger partial charge on any atom is -0.363 e. The first-order valence-corrected chi connectivity index (χ1v) is 14.3. The summed E-state index contributed by atoms with van der Waals surface area (Å²) in [5.41, 5.74) is 2.32. The zero-order valence-electron chi connectivity index (χ0n) is 24.2. The number of rotatable bonds is 8. The molecule has 1 aliphatic carbocycles. The highest BCUT2D eigenvalue weighted by atomic mass is 19.3. The Morgan fingerprint density at radius 2 is 1.76 bits per heavy atom. The van der Waals surface area contributed by atoms with Gasteiger partial charge in [-0.15, -0.1) is 0 Å². The van der Waals surface area contributed by atoms with Crippen molar-refractivity contribution in [1.82, 2.24) is 19.4 Å². The number of pyridine rings is 2. The number of nitrogens with zero attached hydrogens (tertiary/aromatic N) is 4. The van der Waals surface area contributed by atoms with Crippen LogP contribution in [0, 0.1) is 0 Å². The molecule has 218 valence electrons. The first kappa shape index (κ1) is 28.9. The summed E-state index contributed by atoms with van der Waals surface area (Å²) >= 11 is 0. The SMILES string of the molecule is C=CC(=O)N1CC(N(C)C2(c3ccc([C@H](C)Nc4cc5c(ccc(=O)n5C(C)C)cn4)cc3)CCC(F)(F)CC2)C1. The number of likely N-dealkylation sites (tertiary alicyclic amines) is 1. The van der Waals surface area contributed by atoms with Crippen molar-refractivity contribution in [3.63, 3.8) is 0 Å². The molecule has 0 radical (unpaired) electrons. The highest BCUT2D eigenvalue weighted by Gasteiger charge is 2.50. The standard InChI is InChI=1S/C32H39F2N5O2/c1-6-29(40)38-19-26(20-38)37(5)31(13-15-32(33,34)16-14-31)25-10-7-23(8-11-25)22(4)36-28-17-27-24(18-35-28)9-12-30(41)39(27)21(2)3/h6-12,17-18,21-22,26H,1,13-16,19-20H2,2-5H3,(H,35,36)/t22-/m0/s1. The lowest BCUT2D eigenvalue weighted by Crippen LogP contribution is -2.65. The van der Waals surface area contributed by atoms with Gasteiger partial charge in [0.15, 0.2) is 0 Å². The second kappa shape index (κ2) is 11.0. The van der Waals surface area contributed by atoms with E-state index in [9.17, 15) is 18.4 Å². The maximum Gasteiger partial charge on any atom is 0.251 e. The van der Waals surface area contributed by atoms with E-state index in [1.165, 1.54) is 6.08 Å². The molecular weight excluding hydrogens is 524 g/mol. The molecule has 1 saturated heterocycles. The minimum atomic E-state index is -2.65. The van der Waals surface area contributed by atoms with E-state index < -0.39 is 11.5 Å². The predicted octanol–water partition coefficient (Wildman–Crippen LogP) is 5.88. The van der Waals surface area contributed by atoms with Crippen molar-refractivity contribution in [2.45, 2.75) is 76.0 Å². The molecule has 2 fully saturated rings. The molecule has 2 aliphatic rings. The predicted molar refractivity (Wildman–Crippen MR) is 158 cm³/mol. The number of nitrogens with one attached hydrogen (secondary N) is 1. The number of fused-ring (bicyclic) bond motifs is 1. The number of carbonyl (C=O) groups is 1. The number of carbonyl (C=O) groups excluding carboxylic acids is 1. The Balaban J connectivity index is 1.37. The van der Waals surface area contributed by atoms with Crippen molar-refractivity contribution in [2.75, 3.05) is 25.5 Å². The van der Waals surface area contributed by atoms with Crippen LogP contribution < -0.4 is 10.9 Å². The van der Waals surface area contributed by atoms with Crippen molar-refractivity contribution in [1.29, 1.82) is 0 Å². The van der Waals surface area contributed by atoms with E-state index >= 15 is 0 Å². The number of benzene rings is 1. The average molecular weight is 564 g/mol. The highest BCUT2D eigenvalue weighted by molar-refractivity contribution is 5.87. The van der Waals surface area contributed by atoms with Crippen LogP contribution in [-0.4, -0.2) is 57.4 Å². The number of aromatic nitrogens is 2. The Labute approximate surface area is 239 Å². The van der Waals surface area contributed by atoms with Gasteiger partial charge in [0.25, 0.3) is 5.56 Å². The van der Waals surface area contributed by atoms with E-state index in [1.807, 2.05) is 33.9 Å². The van der Waals surface area contributed by atoms with Gasteiger partial charge in [0, 0.05) is 73.3 Å². The summed E-state index contributed by atoms with van der Waals surface area (Å²) in [5.74, 6) is -2.08. The summed E-state index contributed by atoms with van der Waals surface area (Å²) in [6.45, 7) is 10.7. The number of halogens is 2. The van der Waals surface area contributed by atoms with E-state index in [0.717, 1.165) is 22.0 Å². The van der Waals surface area contributed by atoms with Crippen LogP contribution in [0.15, 0.2) is 66.1 Å². The molecule has 1 amide bonds. The van der Waals surface area contributed by atoms with Crippen LogP contribution >= 0.6 is 0 Å². The van der Waals surface area contributed by atoms with Crippen LogP contribution in [0.5, 0.6) is 0 Å². The molecule has 2 aromatic heterocycles. The average Bonchev–Trinajstić information content (AvgIpc) is 2.92.